The minimum atomic E-state index is 0.398. The normalized spacial score (nSPS) is 11.5. The molecule has 0 aliphatic carbocycles. The first-order chi connectivity index (χ1) is 5.29. The fourth-order valence-corrected chi connectivity index (χ4v) is 1.78. The van der Waals surface area contributed by atoms with Crippen LogP contribution in [0.2, 0.25) is 0 Å². The summed E-state index contributed by atoms with van der Waals surface area (Å²) in [6.45, 7) is 4.21. The summed E-state index contributed by atoms with van der Waals surface area (Å²) < 4.78 is 1.94. The van der Waals surface area contributed by atoms with Gasteiger partial charge in [0.1, 0.15) is 5.52 Å². The van der Waals surface area contributed by atoms with E-state index >= 15 is 0 Å². The standard InChI is InChI=1S/C7H9N3S/c1-5(2)10-7-4-11-3-6(7)8-9-10/h3-5H,1-2H3. The number of aromatic nitrogens is 3. The van der Waals surface area contributed by atoms with Crippen molar-refractivity contribution in [2.45, 2.75) is 19.9 Å². The molecule has 3 nitrogen and oxygen atoms in total. The molecule has 0 amide bonds. The molecule has 0 radical (unpaired) electrons. The van der Waals surface area contributed by atoms with Crippen LogP contribution in [0.1, 0.15) is 19.9 Å². The van der Waals surface area contributed by atoms with Gasteiger partial charge in [0, 0.05) is 16.8 Å². The molecule has 2 aromatic heterocycles. The SMILES string of the molecule is CC(C)n1nnc2cscc21. The lowest BCUT2D eigenvalue weighted by molar-refractivity contribution is 0.530. The molecule has 0 fully saturated rings. The predicted octanol–water partition coefficient (Wildman–Crippen LogP) is 2.07. The molecule has 0 N–H and O–H groups in total. The van der Waals surface area contributed by atoms with Crippen molar-refractivity contribution in [3.8, 4) is 0 Å². The third-order valence-electron chi connectivity index (χ3n) is 1.61. The van der Waals surface area contributed by atoms with E-state index in [0.29, 0.717) is 6.04 Å². The van der Waals surface area contributed by atoms with E-state index in [1.165, 1.54) is 0 Å². The Morgan fingerprint density at radius 1 is 1.45 bits per heavy atom. The smallest absolute Gasteiger partial charge is 0.123 e. The zero-order chi connectivity index (χ0) is 7.84. The minimum absolute atomic E-state index is 0.398. The summed E-state index contributed by atoms with van der Waals surface area (Å²) in [5.74, 6) is 0. The van der Waals surface area contributed by atoms with E-state index in [9.17, 15) is 0 Å². The van der Waals surface area contributed by atoms with Gasteiger partial charge in [-0.1, -0.05) is 5.21 Å². The second kappa shape index (κ2) is 2.30. The first-order valence-corrected chi connectivity index (χ1v) is 4.50. The molecule has 2 aromatic rings. The van der Waals surface area contributed by atoms with E-state index < -0.39 is 0 Å². The highest BCUT2D eigenvalue weighted by atomic mass is 32.1. The van der Waals surface area contributed by atoms with E-state index in [1.54, 1.807) is 11.3 Å². The third kappa shape index (κ3) is 0.939. The van der Waals surface area contributed by atoms with Crippen molar-refractivity contribution >= 4 is 22.4 Å². The Hall–Kier alpha value is -0.900. The molecule has 0 saturated heterocycles. The first-order valence-electron chi connectivity index (χ1n) is 3.56. The van der Waals surface area contributed by atoms with Gasteiger partial charge in [0.25, 0.3) is 0 Å². The fourth-order valence-electron chi connectivity index (χ4n) is 1.06. The summed E-state index contributed by atoms with van der Waals surface area (Å²) in [5, 5.41) is 12.1. The van der Waals surface area contributed by atoms with Crippen LogP contribution in [0, 0.1) is 0 Å². The van der Waals surface area contributed by atoms with E-state index in [0.717, 1.165) is 11.0 Å². The number of rotatable bonds is 1. The van der Waals surface area contributed by atoms with Gasteiger partial charge in [0.15, 0.2) is 0 Å². The van der Waals surface area contributed by atoms with Gasteiger partial charge >= 0.3 is 0 Å². The molecular formula is C7H9N3S. The number of hydrogen-bond acceptors (Lipinski definition) is 3. The summed E-state index contributed by atoms with van der Waals surface area (Å²) in [4.78, 5) is 0. The van der Waals surface area contributed by atoms with Crippen LogP contribution >= 0.6 is 11.3 Å². The molecule has 0 aromatic carbocycles. The zero-order valence-electron chi connectivity index (χ0n) is 6.48. The van der Waals surface area contributed by atoms with Crippen molar-refractivity contribution in [2.24, 2.45) is 0 Å². The second-order valence-corrected chi connectivity index (χ2v) is 3.51. The minimum Gasteiger partial charge on any atom is -0.241 e. The zero-order valence-corrected chi connectivity index (χ0v) is 7.30. The average molecular weight is 167 g/mol. The second-order valence-electron chi connectivity index (χ2n) is 2.77. The maximum Gasteiger partial charge on any atom is 0.123 e. The van der Waals surface area contributed by atoms with Gasteiger partial charge in [-0.2, -0.15) is 0 Å². The Bertz CT molecular complexity index is 360. The monoisotopic (exact) mass is 167 g/mol. The van der Waals surface area contributed by atoms with Crippen LogP contribution < -0.4 is 0 Å². The maximum atomic E-state index is 4.03. The van der Waals surface area contributed by atoms with Gasteiger partial charge in [-0.3, -0.25) is 0 Å². The van der Waals surface area contributed by atoms with E-state index in [-0.39, 0.29) is 0 Å². The Morgan fingerprint density at radius 3 is 3.00 bits per heavy atom. The molecule has 0 atom stereocenters. The lowest BCUT2D eigenvalue weighted by Crippen LogP contribution is -2.01. The van der Waals surface area contributed by atoms with Crippen molar-refractivity contribution in [1.29, 1.82) is 0 Å². The molecule has 0 unspecified atom stereocenters. The van der Waals surface area contributed by atoms with E-state index in [2.05, 4.69) is 29.5 Å². The van der Waals surface area contributed by atoms with E-state index in [4.69, 9.17) is 0 Å². The molecule has 2 rings (SSSR count). The topological polar surface area (TPSA) is 30.7 Å². The van der Waals surface area contributed by atoms with Crippen LogP contribution in [0.5, 0.6) is 0 Å². The first kappa shape index (κ1) is 6.79. The molecule has 4 heteroatoms. The van der Waals surface area contributed by atoms with Crippen molar-refractivity contribution in [1.82, 2.24) is 15.0 Å². The molecule has 0 spiro atoms. The van der Waals surface area contributed by atoms with Gasteiger partial charge in [0.05, 0.1) is 5.52 Å². The highest BCUT2D eigenvalue weighted by Gasteiger charge is 2.06. The number of fused-ring (bicyclic) bond motifs is 1. The van der Waals surface area contributed by atoms with Crippen LogP contribution in [-0.4, -0.2) is 15.0 Å². The highest BCUT2D eigenvalue weighted by Crippen LogP contribution is 2.18. The maximum absolute atomic E-state index is 4.03. The lowest BCUT2D eigenvalue weighted by atomic mass is 10.4. The van der Waals surface area contributed by atoms with E-state index in [1.807, 2.05) is 10.1 Å². The van der Waals surface area contributed by atoms with Crippen molar-refractivity contribution in [3.63, 3.8) is 0 Å². The van der Waals surface area contributed by atoms with Gasteiger partial charge in [-0.25, -0.2) is 4.68 Å². The molecule has 0 aliphatic heterocycles. The summed E-state index contributed by atoms with van der Waals surface area (Å²) >= 11 is 1.67. The van der Waals surface area contributed by atoms with Gasteiger partial charge in [0.2, 0.25) is 0 Å². The van der Waals surface area contributed by atoms with Crippen LogP contribution in [0.4, 0.5) is 0 Å². The Balaban J connectivity index is 2.68. The van der Waals surface area contributed by atoms with Crippen LogP contribution in [0.15, 0.2) is 10.8 Å². The highest BCUT2D eigenvalue weighted by molar-refractivity contribution is 7.09. The molecule has 11 heavy (non-hydrogen) atoms. The fraction of sp³-hybridized carbons (Fsp3) is 0.429. The van der Waals surface area contributed by atoms with Crippen molar-refractivity contribution in [3.05, 3.63) is 10.8 Å². The van der Waals surface area contributed by atoms with Crippen LogP contribution in [0.25, 0.3) is 11.0 Å². The summed E-state index contributed by atoms with van der Waals surface area (Å²) in [7, 11) is 0. The molecule has 58 valence electrons. The quantitative estimate of drug-likeness (QED) is 0.651. The molecule has 0 saturated carbocycles. The van der Waals surface area contributed by atoms with Crippen molar-refractivity contribution < 1.29 is 0 Å². The largest absolute Gasteiger partial charge is 0.241 e. The molecule has 0 bridgehead atoms. The summed E-state index contributed by atoms with van der Waals surface area (Å²) in [6.07, 6.45) is 0. The summed E-state index contributed by atoms with van der Waals surface area (Å²) in [6, 6.07) is 0.398. The molecular weight excluding hydrogens is 158 g/mol. The van der Waals surface area contributed by atoms with Crippen LogP contribution in [0.3, 0.4) is 0 Å². The van der Waals surface area contributed by atoms with Crippen molar-refractivity contribution in [2.75, 3.05) is 0 Å². The van der Waals surface area contributed by atoms with Crippen LogP contribution in [-0.2, 0) is 0 Å². The summed E-state index contributed by atoms with van der Waals surface area (Å²) in [5.41, 5.74) is 2.15. The average Bonchev–Trinajstić information content (AvgIpc) is 2.41. The number of thiophene rings is 1. The Morgan fingerprint density at radius 2 is 2.27 bits per heavy atom. The predicted molar refractivity (Wildman–Crippen MR) is 45.8 cm³/mol. The Kier molecular flexibility index (Phi) is 1.42. The number of hydrogen-bond donors (Lipinski definition) is 0. The van der Waals surface area contributed by atoms with Gasteiger partial charge in [-0.15, -0.1) is 16.4 Å². The molecule has 0 aliphatic rings. The Labute approximate surface area is 68.6 Å². The third-order valence-corrected chi connectivity index (χ3v) is 2.33. The van der Waals surface area contributed by atoms with Gasteiger partial charge in [-0.05, 0) is 13.8 Å². The molecule has 2 heterocycles. The van der Waals surface area contributed by atoms with Gasteiger partial charge < -0.3 is 0 Å². The lowest BCUT2D eigenvalue weighted by Gasteiger charge is -2.02. The number of nitrogens with zero attached hydrogens (tertiary/aromatic N) is 3.